The molecule has 0 unspecified atom stereocenters. The average molecular weight is 513 g/mol. The first-order chi connectivity index (χ1) is 15.4. The Bertz CT molecular complexity index is 1330. The largest absolute Gasteiger partial charge is 0.368 e. The molecule has 0 spiro atoms. The second-order valence-electron chi connectivity index (χ2n) is 7.49. The number of anilines is 1. The van der Waals surface area contributed by atoms with Gasteiger partial charge in [-0.3, -0.25) is 9.10 Å². The number of carbonyl (C=O) groups excluding carboxylic acids is 1. The lowest BCUT2D eigenvalue weighted by atomic mass is 10.0. The van der Waals surface area contributed by atoms with Gasteiger partial charge < -0.3 is 5.73 Å². The lowest BCUT2D eigenvalue weighted by Gasteiger charge is -2.27. The summed E-state index contributed by atoms with van der Waals surface area (Å²) in [7, 11) is -4.32. The number of benzene rings is 3. The molecule has 33 heavy (non-hydrogen) atoms. The smallest absolute Gasteiger partial charge is 0.265 e. The van der Waals surface area contributed by atoms with E-state index in [1.165, 1.54) is 36.4 Å². The zero-order chi connectivity index (χ0) is 24.5. The van der Waals surface area contributed by atoms with Crippen LogP contribution < -0.4 is 10.0 Å². The van der Waals surface area contributed by atoms with Crippen LogP contribution in [-0.2, 0) is 21.2 Å². The summed E-state index contributed by atoms with van der Waals surface area (Å²) < 4.78 is 56.8. The number of nitrogens with zero attached hydrogens (tertiary/aromatic N) is 1. The van der Waals surface area contributed by atoms with Crippen LogP contribution in [0.15, 0.2) is 53.4 Å². The summed E-state index contributed by atoms with van der Waals surface area (Å²) >= 11 is 12.2. The first-order valence-corrected chi connectivity index (χ1v) is 11.9. The maximum absolute atomic E-state index is 14.3. The fourth-order valence-electron chi connectivity index (χ4n) is 3.42. The molecule has 0 radical (unpaired) electrons. The first kappa shape index (κ1) is 25.0. The highest BCUT2D eigenvalue weighted by molar-refractivity contribution is 7.93. The molecule has 174 valence electrons. The fraction of sp³-hybridized carbons (Fsp3) is 0.174. The highest BCUT2D eigenvalue weighted by Gasteiger charge is 2.30. The van der Waals surface area contributed by atoms with Gasteiger partial charge in [-0.05, 0) is 73.0 Å². The molecule has 0 saturated carbocycles. The van der Waals surface area contributed by atoms with Gasteiger partial charge in [0.05, 0.1) is 10.6 Å². The van der Waals surface area contributed by atoms with E-state index in [-0.39, 0.29) is 33.2 Å². The number of halogens is 4. The molecule has 2 N–H and O–H groups in total. The summed E-state index contributed by atoms with van der Waals surface area (Å²) in [4.78, 5) is 11.8. The van der Waals surface area contributed by atoms with E-state index in [4.69, 9.17) is 28.9 Å². The molecule has 1 amide bonds. The number of carbonyl (C=O) groups is 1. The van der Waals surface area contributed by atoms with Crippen molar-refractivity contribution >= 4 is 44.8 Å². The van der Waals surface area contributed by atoms with Crippen LogP contribution in [0.4, 0.5) is 14.5 Å². The zero-order valence-electron chi connectivity index (χ0n) is 17.7. The summed E-state index contributed by atoms with van der Waals surface area (Å²) in [6.45, 7) is 2.52. The van der Waals surface area contributed by atoms with Gasteiger partial charge in [0.1, 0.15) is 18.2 Å². The SMILES string of the molecule is Cc1cc(S(=O)(=O)N(CC(N)=O)c2ccc(Cl)cc2Cc2c(F)cccc2F)c(C)cc1Cl. The van der Waals surface area contributed by atoms with E-state index in [2.05, 4.69) is 0 Å². The third-order valence-electron chi connectivity index (χ3n) is 5.06. The van der Waals surface area contributed by atoms with Gasteiger partial charge in [0.15, 0.2) is 0 Å². The van der Waals surface area contributed by atoms with E-state index in [0.29, 0.717) is 16.1 Å². The van der Waals surface area contributed by atoms with Crippen LogP contribution in [0, 0.1) is 25.5 Å². The molecule has 0 heterocycles. The minimum absolute atomic E-state index is 0.0212. The second kappa shape index (κ2) is 9.67. The van der Waals surface area contributed by atoms with E-state index in [1.54, 1.807) is 13.8 Å². The Morgan fingerprint density at radius 2 is 1.64 bits per heavy atom. The van der Waals surface area contributed by atoms with Crippen molar-refractivity contribution in [3.63, 3.8) is 0 Å². The molecule has 3 aromatic rings. The third kappa shape index (κ3) is 5.29. The van der Waals surface area contributed by atoms with Gasteiger partial charge >= 0.3 is 0 Å². The molecule has 3 aromatic carbocycles. The van der Waals surface area contributed by atoms with Gasteiger partial charge in [0.2, 0.25) is 5.91 Å². The molecule has 0 atom stereocenters. The fourth-order valence-corrected chi connectivity index (χ4v) is 5.60. The van der Waals surface area contributed by atoms with Crippen molar-refractivity contribution in [2.24, 2.45) is 5.73 Å². The van der Waals surface area contributed by atoms with Crippen molar-refractivity contribution in [3.05, 3.63) is 92.5 Å². The standard InChI is InChI=1S/C23H20Cl2F2N2O3S/c1-13-9-22(14(2)8-18(13)25)33(31,32)29(12-23(28)30)21-7-6-16(24)10-15(21)11-17-19(26)4-3-5-20(17)27/h3-10H,11-12H2,1-2H3,(H2,28,30). The Balaban J connectivity index is 2.22. The molecule has 0 aliphatic rings. The zero-order valence-corrected chi connectivity index (χ0v) is 20.0. The number of aryl methyl sites for hydroxylation is 2. The molecule has 0 bridgehead atoms. The van der Waals surface area contributed by atoms with Gasteiger partial charge in [-0.2, -0.15) is 0 Å². The number of hydrogen-bond donors (Lipinski definition) is 1. The Kier molecular flexibility index (Phi) is 7.31. The Labute approximate surface area is 200 Å². The molecule has 0 fully saturated rings. The molecule has 0 saturated heterocycles. The normalized spacial score (nSPS) is 11.5. The summed E-state index contributed by atoms with van der Waals surface area (Å²) in [5.74, 6) is -2.51. The van der Waals surface area contributed by atoms with E-state index in [1.807, 2.05) is 0 Å². The topological polar surface area (TPSA) is 80.5 Å². The lowest BCUT2D eigenvalue weighted by Crippen LogP contribution is -2.39. The molecule has 0 aliphatic heterocycles. The van der Waals surface area contributed by atoms with E-state index < -0.39 is 34.1 Å². The van der Waals surface area contributed by atoms with Crippen LogP contribution in [-0.4, -0.2) is 20.9 Å². The molecular weight excluding hydrogens is 493 g/mol. The number of primary amides is 1. The van der Waals surface area contributed by atoms with Crippen LogP contribution in [0.1, 0.15) is 22.3 Å². The maximum Gasteiger partial charge on any atom is 0.265 e. The lowest BCUT2D eigenvalue weighted by molar-refractivity contribution is -0.116. The highest BCUT2D eigenvalue weighted by atomic mass is 35.5. The molecule has 0 aromatic heterocycles. The van der Waals surface area contributed by atoms with Crippen LogP contribution in [0.2, 0.25) is 10.0 Å². The van der Waals surface area contributed by atoms with E-state index in [0.717, 1.165) is 16.4 Å². The van der Waals surface area contributed by atoms with Crippen LogP contribution in [0.5, 0.6) is 0 Å². The number of sulfonamides is 1. The van der Waals surface area contributed by atoms with Crippen molar-refractivity contribution in [1.82, 2.24) is 0 Å². The number of nitrogens with two attached hydrogens (primary N) is 1. The number of rotatable bonds is 7. The van der Waals surface area contributed by atoms with Gasteiger partial charge in [-0.25, -0.2) is 17.2 Å². The van der Waals surface area contributed by atoms with Crippen molar-refractivity contribution < 1.29 is 22.0 Å². The Hall–Kier alpha value is -2.68. The first-order valence-electron chi connectivity index (χ1n) is 9.71. The second-order valence-corrected chi connectivity index (χ2v) is 10.2. The molecule has 3 rings (SSSR count). The van der Waals surface area contributed by atoms with Crippen LogP contribution >= 0.6 is 23.2 Å². The minimum atomic E-state index is -4.32. The van der Waals surface area contributed by atoms with Crippen molar-refractivity contribution in [3.8, 4) is 0 Å². The van der Waals surface area contributed by atoms with Gasteiger partial charge in [-0.1, -0.05) is 29.3 Å². The summed E-state index contributed by atoms with van der Waals surface area (Å²) in [5, 5.41) is 0.607. The Morgan fingerprint density at radius 3 is 2.24 bits per heavy atom. The van der Waals surface area contributed by atoms with Crippen molar-refractivity contribution in [2.75, 3.05) is 10.8 Å². The highest BCUT2D eigenvalue weighted by Crippen LogP contribution is 2.34. The molecule has 0 aliphatic carbocycles. The summed E-state index contributed by atoms with van der Waals surface area (Å²) in [5.41, 5.74) is 6.19. The molecule has 5 nitrogen and oxygen atoms in total. The minimum Gasteiger partial charge on any atom is -0.368 e. The Morgan fingerprint density at radius 1 is 1.00 bits per heavy atom. The summed E-state index contributed by atoms with van der Waals surface area (Å²) in [6.07, 6.45) is -0.308. The van der Waals surface area contributed by atoms with Crippen LogP contribution in [0.25, 0.3) is 0 Å². The number of amides is 1. The van der Waals surface area contributed by atoms with Crippen LogP contribution in [0.3, 0.4) is 0 Å². The van der Waals surface area contributed by atoms with Gasteiger partial charge in [0, 0.05) is 22.0 Å². The van der Waals surface area contributed by atoms with Gasteiger partial charge in [-0.15, -0.1) is 0 Å². The molecular formula is C23H20Cl2F2N2O3S. The number of hydrogen-bond acceptors (Lipinski definition) is 3. The van der Waals surface area contributed by atoms with Crippen molar-refractivity contribution in [1.29, 1.82) is 0 Å². The molecule has 10 heteroatoms. The maximum atomic E-state index is 14.3. The van der Waals surface area contributed by atoms with Crippen molar-refractivity contribution in [2.45, 2.75) is 25.2 Å². The van der Waals surface area contributed by atoms with E-state index >= 15 is 0 Å². The third-order valence-corrected chi connectivity index (χ3v) is 7.61. The van der Waals surface area contributed by atoms with Gasteiger partial charge in [0.25, 0.3) is 10.0 Å². The van der Waals surface area contributed by atoms with E-state index in [9.17, 15) is 22.0 Å². The quantitative estimate of drug-likeness (QED) is 0.474. The average Bonchev–Trinajstić information content (AvgIpc) is 2.72. The monoisotopic (exact) mass is 512 g/mol. The summed E-state index contributed by atoms with van der Waals surface area (Å²) in [6, 6.07) is 10.5. The predicted molar refractivity (Wildman–Crippen MR) is 125 cm³/mol. The predicted octanol–water partition coefficient (Wildman–Crippen LogP) is 5.16.